The Labute approximate surface area is 309 Å². The Morgan fingerprint density at radius 2 is 1.10 bits per heavy atom. The fraction of sp³-hybridized carbons (Fsp3) is 0.259. The maximum Gasteiger partial charge on any atom is 1.00 e. The zero-order valence-electron chi connectivity index (χ0n) is 27.2. The van der Waals surface area contributed by atoms with E-state index in [1.807, 2.05) is 0 Å². The first-order valence-electron chi connectivity index (χ1n) is 12.8. The van der Waals surface area contributed by atoms with Gasteiger partial charge in [0.25, 0.3) is 11.8 Å². The number of carbonyl (C=O) groups excluding carboxylic acids is 3. The van der Waals surface area contributed by atoms with Crippen LogP contribution >= 0.6 is 31.9 Å². The van der Waals surface area contributed by atoms with Crippen LogP contribution < -0.4 is 38.1 Å². The smallest absolute Gasteiger partial charge is 0.870 e. The number of fused-ring (bicyclic) bond motifs is 2. The summed E-state index contributed by atoms with van der Waals surface area (Å²) in [6.45, 7) is 0. The molecule has 0 aliphatic rings. The molecule has 17 nitrogen and oxygen atoms in total. The van der Waals surface area contributed by atoms with Crippen molar-refractivity contribution in [2.75, 3.05) is 56.4 Å². The first-order chi connectivity index (χ1) is 21.7. The van der Waals surface area contributed by atoms with Crippen molar-refractivity contribution in [1.82, 2.24) is 10.6 Å². The van der Waals surface area contributed by atoms with E-state index in [1.54, 1.807) is 0 Å². The van der Waals surface area contributed by atoms with Crippen LogP contribution in [0.25, 0.3) is 21.9 Å². The number of nitrogens with one attached hydrogen (secondary N) is 2. The number of anilines is 2. The summed E-state index contributed by atoms with van der Waals surface area (Å²) >= 11 is 6.52. The second-order valence-corrected chi connectivity index (χ2v) is 15.4. The number of benzene rings is 2. The van der Waals surface area contributed by atoms with Crippen LogP contribution in [-0.2, 0) is 24.8 Å². The van der Waals surface area contributed by atoms with E-state index in [-0.39, 0.29) is 63.5 Å². The minimum atomic E-state index is -3.52. The van der Waals surface area contributed by atoms with Gasteiger partial charge in [0.1, 0.15) is 22.3 Å². The van der Waals surface area contributed by atoms with Crippen molar-refractivity contribution in [3.05, 3.63) is 55.9 Å². The van der Waals surface area contributed by atoms with Crippen molar-refractivity contribution in [2.45, 2.75) is 0 Å². The molecule has 0 atom stereocenters. The van der Waals surface area contributed by atoms with Gasteiger partial charge in [-0.05, 0) is 44.0 Å². The third kappa shape index (κ3) is 8.96. The second-order valence-electron chi connectivity index (χ2n) is 9.63. The molecule has 2 aromatic heterocycles. The van der Waals surface area contributed by atoms with Crippen molar-refractivity contribution < 1.29 is 79.0 Å². The summed E-state index contributed by atoms with van der Waals surface area (Å²) < 4.78 is 65.0. The van der Waals surface area contributed by atoms with Crippen molar-refractivity contribution in [3.63, 3.8) is 0 Å². The summed E-state index contributed by atoms with van der Waals surface area (Å²) in [6.07, 6.45) is 2.09. The molecule has 4 aromatic rings. The van der Waals surface area contributed by atoms with E-state index in [0.717, 1.165) is 21.1 Å². The number of carboxylic acids is 1. The molecule has 2 amide bonds. The first kappa shape index (κ1) is 43.4. The quantitative estimate of drug-likeness (QED) is 0.159. The number of amides is 2. The van der Waals surface area contributed by atoms with E-state index in [4.69, 9.17) is 8.83 Å². The van der Waals surface area contributed by atoms with Crippen LogP contribution in [0, 0.1) is 0 Å². The number of hydrogen-bond acceptors (Lipinski definition) is 12. The van der Waals surface area contributed by atoms with Crippen molar-refractivity contribution in [1.29, 1.82) is 0 Å². The average molecular weight is 848 g/mol. The summed E-state index contributed by atoms with van der Waals surface area (Å²) in [6, 6.07) is 5.76. The summed E-state index contributed by atoms with van der Waals surface area (Å²) in [5, 5.41) is 14.6. The van der Waals surface area contributed by atoms with Crippen molar-refractivity contribution in [2.24, 2.45) is 0 Å². The third-order valence-corrected chi connectivity index (χ3v) is 10.3. The standard InChI is InChI=1S/C14H15BrN2O6S.C13H13BrN2O6S.Li.H2O/c1-16-13(18)11-7-5-8(15)9(17(2)24(4,20)21)6-10(7)23-12(11)14(19)22-3;1-15-12(17)10-6-4-7(14)8(16(2)23(3,20)21)5-9(6)22-11(10)13(18)19;;/h5-6H,1-4H3,(H,16,18);4-5H,1-3H3,(H,15,17)(H,18,19);;1H2/q;;+1;/p-1. The Morgan fingerprint density at radius 1 is 0.755 bits per heavy atom. The minimum Gasteiger partial charge on any atom is -0.870 e. The van der Waals surface area contributed by atoms with E-state index in [0.29, 0.717) is 20.0 Å². The molecule has 0 spiro atoms. The fourth-order valence-electron chi connectivity index (χ4n) is 4.14. The maximum absolute atomic E-state index is 12.1. The molecular formula is C27H29Br2LiN4O13S2. The Morgan fingerprint density at radius 3 is 1.41 bits per heavy atom. The van der Waals surface area contributed by atoms with Gasteiger partial charge in [-0.3, -0.25) is 18.2 Å². The number of esters is 1. The Balaban J connectivity index is 0.000000471. The van der Waals surface area contributed by atoms with Gasteiger partial charge >= 0.3 is 30.8 Å². The van der Waals surface area contributed by atoms with Crippen LogP contribution in [-0.4, -0.2) is 99.0 Å². The van der Waals surface area contributed by atoms with Crippen LogP contribution in [0.1, 0.15) is 41.8 Å². The van der Waals surface area contributed by atoms with Gasteiger partial charge in [-0.2, -0.15) is 0 Å². The van der Waals surface area contributed by atoms with Gasteiger partial charge in [-0.1, -0.05) is 0 Å². The number of nitrogens with zero attached hydrogens (tertiary/aromatic N) is 2. The number of sulfonamides is 2. The predicted octanol–water partition coefficient (Wildman–Crippen LogP) is 0.213. The van der Waals surface area contributed by atoms with Crippen LogP contribution in [0.2, 0.25) is 0 Å². The molecule has 0 bridgehead atoms. The molecule has 0 fully saturated rings. The van der Waals surface area contributed by atoms with Gasteiger partial charge in [0.15, 0.2) is 0 Å². The van der Waals surface area contributed by atoms with Gasteiger partial charge in [-0.15, -0.1) is 0 Å². The maximum atomic E-state index is 12.1. The SMILES string of the molecule is CNC(=O)c1c(C(=O)O)oc2cc(N(C)S(C)(=O)=O)c(Br)cc12.CNC(=O)c1c(C(=O)OC)oc2cc(N(C)S(C)(=O)=O)c(Br)cc12.[Li+].[OH-]. The van der Waals surface area contributed by atoms with Gasteiger partial charge in [-0.25, -0.2) is 26.4 Å². The zero-order chi connectivity index (χ0) is 35.8. The Hall–Kier alpha value is -3.58. The normalized spacial score (nSPS) is 11.0. The molecule has 0 radical (unpaired) electrons. The van der Waals surface area contributed by atoms with E-state index >= 15 is 0 Å². The number of rotatable bonds is 8. The van der Waals surface area contributed by atoms with Crippen LogP contribution in [0.5, 0.6) is 0 Å². The summed E-state index contributed by atoms with van der Waals surface area (Å²) in [4.78, 5) is 47.2. The summed E-state index contributed by atoms with van der Waals surface area (Å²) in [5.74, 6) is -4.10. The number of carboxylic acid groups (broad SMARTS) is 1. The third-order valence-electron chi connectivity index (χ3n) is 6.66. The number of furan rings is 2. The Kier molecular flexibility index (Phi) is 14.6. The average Bonchev–Trinajstić information content (AvgIpc) is 3.55. The monoisotopic (exact) mass is 846 g/mol. The number of hydrogen-bond donors (Lipinski definition) is 3. The minimum absolute atomic E-state index is 0. The van der Waals surface area contributed by atoms with E-state index in [2.05, 4.69) is 47.2 Å². The summed E-state index contributed by atoms with van der Waals surface area (Å²) in [7, 11) is -0.337. The van der Waals surface area contributed by atoms with Crippen LogP contribution in [0.4, 0.5) is 11.4 Å². The first-order valence-corrected chi connectivity index (χ1v) is 18.1. The molecule has 4 N–H and O–H groups in total. The number of methoxy groups -OCH3 is 1. The molecule has 0 saturated heterocycles. The molecule has 0 saturated carbocycles. The molecular weight excluding hydrogens is 819 g/mol. The molecule has 2 heterocycles. The molecule has 262 valence electrons. The topological polar surface area (TPSA) is 253 Å². The van der Waals surface area contributed by atoms with Gasteiger partial charge in [0.2, 0.25) is 31.6 Å². The number of halogens is 2. The summed E-state index contributed by atoms with van der Waals surface area (Å²) in [5.41, 5.74) is 0.739. The van der Waals surface area contributed by atoms with Gasteiger partial charge in [0.05, 0.1) is 31.0 Å². The predicted molar refractivity (Wildman–Crippen MR) is 181 cm³/mol. The molecule has 22 heteroatoms. The molecule has 49 heavy (non-hydrogen) atoms. The molecule has 0 aliphatic heterocycles. The second kappa shape index (κ2) is 16.4. The van der Waals surface area contributed by atoms with Crippen molar-refractivity contribution in [3.8, 4) is 0 Å². The van der Waals surface area contributed by atoms with E-state index < -0.39 is 49.6 Å². The number of aromatic carboxylic acids is 1. The van der Waals surface area contributed by atoms with Crippen molar-refractivity contribution >= 4 is 109 Å². The molecule has 2 aromatic carbocycles. The Bertz CT molecular complexity index is 2170. The largest absolute Gasteiger partial charge is 1.00 e. The fourth-order valence-corrected chi connectivity index (χ4v) is 6.61. The van der Waals surface area contributed by atoms with Crippen LogP contribution in [0.15, 0.2) is 42.0 Å². The van der Waals surface area contributed by atoms with Crippen LogP contribution in [0.3, 0.4) is 0 Å². The van der Waals surface area contributed by atoms with E-state index in [1.165, 1.54) is 59.6 Å². The van der Waals surface area contributed by atoms with E-state index in [9.17, 15) is 41.1 Å². The van der Waals surface area contributed by atoms with Gasteiger partial charge < -0.3 is 34.8 Å². The molecule has 0 aliphatic carbocycles. The number of ether oxygens (including phenoxy) is 1. The zero-order valence-corrected chi connectivity index (χ0v) is 32.0. The molecule has 0 unspecified atom stereocenters. The van der Waals surface area contributed by atoms with Gasteiger partial charge in [0, 0.05) is 60.0 Å². The number of carbonyl (C=O) groups is 4. The molecule has 4 rings (SSSR count).